The molecular weight excluding hydrogens is 416 g/mol. The molecule has 1 fully saturated rings. The van der Waals surface area contributed by atoms with Crippen LogP contribution in [0.4, 0.5) is 17.2 Å². The van der Waals surface area contributed by atoms with Crippen LogP contribution in [-0.4, -0.2) is 40.2 Å². The first-order chi connectivity index (χ1) is 16.1. The smallest absolute Gasteiger partial charge is 0.314 e. The molecular formula is C26H28N4O3. The van der Waals surface area contributed by atoms with Crippen molar-refractivity contribution in [3.8, 4) is 0 Å². The van der Waals surface area contributed by atoms with E-state index < -0.39 is 0 Å². The first kappa shape index (κ1) is 22.6. The van der Waals surface area contributed by atoms with Crippen LogP contribution in [0.25, 0.3) is 0 Å². The zero-order chi connectivity index (χ0) is 23.0. The maximum Gasteiger partial charge on any atom is 0.314 e. The van der Waals surface area contributed by atoms with Gasteiger partial charge in [-0.3, -0.25) is 14.9 Å². The van der Waals surface area contributed by atoms with Crippen molar-refractivity contribution in [3.63, 3.8) is 0 Å². The summed E-state index contributed by atoms with van der Waals surface area (Å²) in [6.07, 6.45) is 6.79. The minimum Gasteiger partial charge on any atom is -0.334 e. The molecule has 170 valence electrons. The maximum atomic E-state index is 13.0. The minimum atomic E-state index is -0.382. The van der Waals surface area contributed by atoms with E-state index in [1.54, 1.807) is 48.7 Å². The summed E-state index contributed by atoms with van der Waals surface area (Å²) in [6.45, 7) is 3.16. The van der Waals surface area contributed by atoms with E-state index in [1.807, 2.05) is 18.2 Å². The second-order valence-corrected chi connectivity index (χ2v) is 8.30. The maximum absolute atomic E-state index is 13.0. The molecule has 1 aliphatic rings. The highest BCUT2D eigenvalue weighted by molar-refractivity contribution is 6.12. The van der Waals surface area contributed by atoms with Crippen LogP contribution in [0.2, 0.25) is 0 Å². The summed E-state index contributed by atoms with van der Waals surface area (Å²) in [5.41, 5.74) is 2.11. The topological polar surface area (TPSA) is 88.4 Å². The van der Waals surface area contributed by atoms with E-state index in [4.69, 9.17) is 0 Å². The van der Waals surface area contributed by atoms with E-state index in [0.29, 0.717) is 28.8 Å². The summed E-state index contributed by atoms with van der Waals surface area (Å²) in [4.78, 5) is 31.3. The van der Waals surface area contributed by atoms with Gasteiger partial charge in [0.05, 0.1) is 10.6 Å². The highest BCUT2D eigenvalue weighted by Crippen LogP contribution is 2.31. The number of nitrogens with zero attached hydrogens (tertiary/aromatic N) is 3. The summed E-state index contributed by atoms with van der Waals surface area (Å²) in [6, 6.07) is 17.7. The lowest BCUT2D eigenvalue weighted by atomic mass is 10.0. The number of piperidine rings is 1. The third kappa shape index (κ3) is 5.62. The molecule has 2 aromatic carbocycles. The molecule has 0 bridgehead atoms. The molecule has 1 N–H and O–H groups in total. The second-order valence-electron chi connectivity index (χ2n) is 8.30. The number of para-hydroxylation sites is 1. The van der Waals surface area contributed by atoms with Crippen LogP contribution in [0.15, 0.2) is 66.9 Å². The van der Waals surface area contributed by atoms with E-state index in [0.717, 1.165) is 26.1 Å². The van der Waals surface area contributed by atoms with Crippen LogP contribution in [-0.2, 0) is 6.42 Å². The summed E-state index contributed by atoms with van der Waals surface area (Å²) in [5, 5.41) is 15.1. The molecule has 7 heteroatoms. The predicted molar refractivity (Wildman–Crippen MR) is 129 cm³/mol. The van der Waals surface area contributed by atoms with Gasteiger partial charge in [0.1, 0.15) is 0 Å². The largest absolute Gasteiger partial charge is 0.334 e. The summed E-state index contributed by atoms with van der Waals surface area (Å²) < 4.78 is 0. The van der Waals surface area contributed by atoms with Crippen molar-refractivity contribution < 1.29 is 9.72 Å². The summed E-state index contributed by atoms with van der Waals surface area (Å²) >= 11 is 0. The number of hydrogen-bond donors (Lipinski definition) is 1. The van der Waals surface area contributed by atoms with Gasteiger partial charge >= 0.3 is 5.69 Å². The van der Waals surface area contributed by atoms with Crippen molar-refractivity contribution in [1.82, 2.24) is 9.88 Å². The van der Waals surface area contributed by atoms with Crippen molar-refractivity contribution in [2.24, 2.45) is 0 Å². The fraction of sp³-hybridized carbons (Fsp3) is 0.308. The first-order valence-electron chi connectivity index (χ1n) is 11.4. The zero-order valence-electron chi connectivity index (χ0n) is 18.6. The highest BCUT2D eigenvalue weighted by Gasteiger charge is 2.23. The second kappa shape index (κ2) is 10.8. The van der Waals surface area contributed by atoms with E-state index in [1.165, 1.54) is 19.3 Å². The number of benzene rings is 2. The molecule has 1 aromatic heterocycles. The number of rotatable bonds is 9. The van der Waals surface area contributed by atoms with Gasteiger partial charge in [-0.05, 0) is 63.5 Å². The van der Waals surface area contributed by atoms with Crippen molar-refractivity contribution in [1.29, 1.82) is 0 Å². The van der Waals surface area contributed by atoms with Crippen LogP contribution in [0.5, 0.6) is 0 Å². The summed E-state index contributed by atoms with van der Waals surface area (Å²) in [5.74, 6) is 0.00261. The monoisotopic (exact) mass is 444 g/mol. The first-order valence-corrected chi connectivity index (χ1v) is 11.4. The van der Waals surface area contributed by atoms with Gasteiger partial charge in [-0.15, -0.1) is 0 Å². The predicted octanol–water partition coefficient (Wildman–Crippen LogP) is 5.38. The zero-order valence-corrected chi connectivity index (χ0v) is 18.6. The third-order valence-corrected chi connectivity index (χ3v) is 6.02. The van der Waals surface area contributed by atoms with Crippen LogP contribution in [0.1, 0.15) is 47.2 Å². The van der Waals surface area contributed by atoms with E-state index in [9.17, 15) is 14.9 Å². The van der Waals surface area contributed by atoms with Gasteiger partial charge in [0, 0.05) is 22.9 Å². The Morgan fingerprint density at radius 3 is 2.48 bits per heavy atom. The number of hydrogen-bond acceptors (Lipinski definition) is 6. The van der Waals surface area contributed by atoms with E-state index in [2.05, 4.69) is 15.2 Å². The summed E-state index contributed by atoms with van der Waals surface area (Å²) in [7, 11) is 0. The average molecular weight is 445 g/mol. The Kier molecular flexibility index (Phi) is 7.42. The number of ketones is 1. The van der Waals surface area contributed by atoms with Gasteiger partial charge in [-0.25, -0.2) is 4.98 Å². The lowest BCUT2D eigenvalue weighted by Gasteiger charge is -2.26. The van der Waals surface area contributed by atoms with Crippen LogP contribution < -0.4 is 5.32 Å². The lowest BCUT2D eigenvalue weighted by molar-refractivity contribution is -0.384. The van der Waals surface area contributed by atoms with E-state index >= 15 is 0 Å². The minimum absolute atomic E-state index is 0.0295. The molecule has 0 atom stereocenters. The quantitative estimate of drug-likeness (QED) is 0.271. The standard InChI is InChI=1S/C26H28N4O3/c31-25(21-10-3-1-4-11-21)22-13-5-6-14-23(22)28-26-24(30(32)33)20(15-16-27-26)12-9-19-29-17-7-2-8-18-29/h1,3-6,10-11,13-16H,2,7-9,12,17-19H2,(H,27,28). The molecule has 0 spiro atoms. The molecule has 0 radical (unpaired) electrons. The van der Waals surface area contributed by atoms with Gasteiger partial charge in [0.15, 0.2) is 5.78 Å². The molecule has 0 amide bonds. The number of pyridine rings is 1. The Balaban J connectivity index is 1.55. The number of anilines is 2. The molecule has 0 aliphatic carbocycles. The number of aromatic nitrogens is 1. The van der Waals surface area contributed by atoms with Gasteiger partial charge in [-0.2, -0.15) is 0 Å². The van der Waals surface area contributed by atoms with Crippen LogP contribution in [0, 0.1) is 10.1 Å². The Bertz CT molecular complexity index is 1110. The van der Waals surface area contributed by atoms with Crippen molar-refractivity contribution >= 4 is 23.0 Å². The Morgan fingerprint density at radius 2 is 1.73 bits per heavy atom. The fourth-order valence-corrected chi connectivity index (χ4v) is 4.33. The third-order valence-electron chi connectivity index (χ3n) is 6.02. The normalized spacial score (nSPS) is 14.1. The van der Waals surface area contributed by atoms with Crippen molar-refractivity contribution in [2.45, 2.75) is 32.1 Å². The SMILES string of the molecule is O=C(c1ccccc1)c1ccccc1Nc1nccc(CCCN2CCCCC2)c1[N+](=O)[O-]. The van der Waals surface area contributed by atoms with Gasteiger partial charge in [-0.1, -0.05) is 48.9 Å². The van der Waals surface area contributed by atoms with Gasteiger partial charge in [0.25, 0.3) is 0 Å². The molecule has 7 nitrogen and oxygen atoms in total. The number of nitrogens with one attached hydrogen (secondary N) is 1. The van der Waals surface area contributed by atoms with Gasteiger partial charge in [0.2, 0.25) is 5.82 Å². The van der Waals surface area contributed by atoms with Gasteiger partial charge < -0.3 is 10.2 Å². The van der Waals surface area contributed by atoms with Crippen LogP contribution in [0.3, 0.4) is 0 Å². The Hall–Kier alpha value is -3.58. The average Bonchev–Trinajstić information content (AvgIpc) is 2.85. The molecule has 0 saturated carbocycles. The Labute approximate surface area is 193 Å². The number of aryl methyl sites for hydroxylation is 1. The molecule has 1 saturated heterocycles. The van der Waals surface area contributed by atoms with Crippen molar-refractivity contribution in [3.05, 3.63) is 93.7 Å². The number of carbonyl (C=O) groups is 1. The molecule has 33 heavy (non-hydrogen) atoms. The fourth-order valence-electron chi connectivity index (χ4n) is 4.33. The van der Waals surface area contributed by atoms with Crippen LogP contribution >= 0.6 is 0 Å². The highest BCUT2D eigenvalue weighted by atomic mass is 16.6. The number of carbonyl (C=O) groups excluding carboxylic acids is 1. The van der Waals surface area contributed by atoms with Crippen molar-refractivity contribution in [2.75, 3.05) is 25.0 Å². The molecule has 0 unspecified atom stereocenters. The number of nitro groups is 1. The number of likely N-dealkylation sites (tertiary alicyclic amines) is 1. The molecule has 2 heterocycles. The molecule has 4 rings (SSSR count). The molecule has 1 aliphatic heterocycles. The Morgan fingerprint density at radius 1 is 1.00 bits per heavy atom. The lowest BCUT2D eigenvalue weighted by Crippen LogP contribution is -2.30. The molecule has 3 aromatic rings. The van der Waals surface area contributed by atoms with E-state index in [-0.39, 0.29) is 22.2 Å².